The van der Waals surface area contributed by atoms with E-state index in [-0.39, 0.29) is 23.9 Å². The summed E-state index contributed by atoms with van der Waals surface area (Å²) < 4.78 is 23.3. The van der Waals surface area contributed by atoms with Crippen LogP contribution in [-0.4, -0.2) is 49.4 Å². The molecule has 8 nitrogen and oxygen atoms in total. The van der Waals surface area contributed by atoms with Crippen molar-refractivity contribution in [3.8, 4) is 11.1 Å². The van der Waals surface area contributed by atoms with E-state index in [9.17, 15) is 14.4 Å². The molecule has 0 N–H and O–H groups in total. The Morgan fingerprint density at radius 2 is 1.66 bits per heavy atom. The zero-order valence-electron chi connectivity index (χ0n) is 19.6. The van der Waals surface area contributed by atoms with E-state index in [0.29, 0.717) is 17.9 Å². The number of aromatic nitrogens is 1. The van der Waals surface area contributed by atoms with E-state index in [0.717, 1.165) is 18.4 Å². The number of nitrogens with zero attached hydrogens (tertiary/aromatic N) is 1. The van der Waals surface area contributed by atoms with Gasteiger partial charge >= 0.3 is 17.9 Å². The second kappa shape index (κ2) is 11.0. The minimum atomic E-state index is -1.43. The number of ether oxygens (including phenoxy) is 4. The van der Waals surface area contributed by atoms with Gasteiger partial charge in [-0.3, -0.25) is 0 Å². The van der Waals surface area contributed by atoms with Crippen LogP contribution in [0, 0.1) is 0 Å². The molecule has 8 heteroatoms. The lowest BCUT2D eigenvalue weighted by molar-refractivity contribution is -0.151. The topological polar surface area (TPSA) is 93.1 Å². The first-order valence-corrected chi connectivity index (χ1v) is 11.4. The summed E-state index contributed by atoms with van der Waals surface area (Å²) in [7, 11) is 2.52. The van der Waals surface area contributed by atoms with Gasteiger partial charge < -0.3 is 23.5 Å². The summed E-state index contributed by atoms with van der Waals surface area (Å²) in [6.07, 6.45) is 0.0917. The first-order valence-electron chi connectivity index (χ1n) is 11.4. The molecule has 35 heavy (non-hydrogen) atoms. The molecule has 182 valence electrons. The van der Waals surface area contributed by atoms with Crippen molar-refractivity contribution < 1.29 is 33.3 Å². The van der Waals surface area contributed by atoms with E-state index in [1.807, 2.05) is 30.3 Å². The highest BCUT2D eigenvalue weighted by Gasteiger charge is 2.36. The molecule has 1 saturated heterocycles. The second-order valence-corrected chi connectivity index (χ2v) is 8.11. The zero-order chi connectivity index (χ0) is 24.8. The average molecular weight is 478 g/mol. The summed E-state index contributed by atoms with van der Waals surface area (Å²) in [6, 6.07) is 19.3. The molecule has 0 spiro atoms. The molecule has 2 heterocycles. The Morgan fingerprint density at radius 3 is 2.26 bits per heavy atom. The summed E-state index contributed by atoms with van der Waals surface area (Å²) >= 11 is 0. The first kappa shape index (κ1) is 24.2. The van der Waals surface area contributed by atoms with Crippen LogP contribution in [0.5, 0.6) is 0 Å². The lowest BCUT2D eigenvalue weighted by atomic mass is 10.0. The van der Waals surface area contributed by atoms with Crippen LogP contribution in [0.15, 0.2) is 66.7 Å². The number of carbonyl (C=O) groups excluding carboxylic acids is 3. The van der Waals surface area contributed by atoms with Gasteiger partial charge in [-0.2, -0.15) is 0 Å². The van der Waals surface area contributed by atoms with Crippen LogP contribution in [0.2, 0.25) is 0 Å². The minimum absolute atomic E-state index is 0.170. The SMILES string of the molecule is COC(=O)c1cc(-c2ccccc2)c(C(OC(=O)c2ccccc2)C(=O)OC)n1C[C@H]1CCCO1. The van der Waals surface area contributed by atoms with Gasteiger partial charge in [0, 0.05) is 18.7 Å². The fourth-order valence-electron chi connectivity index (χ4n) is 4.23. The quantitative estimate of drug-likeness (QED) is 0.355. The number of methoxy groups -OCH3 is 2. The van der Waals surface area contributed by atoms with Crippen LogP contribution in [0.1, 0.15) is 45.5 Å². The largest absolute Gasteiger partial charge is 0.466 e. The molecule has 0 saturated carbocycles. The van der Waals surface area contributed by atoms with E-state index < -0.39 is 24.0 Å². The van der Waals surface area contributed by atoms with Crippen molar-refractivity contribution in [1.82, 2.24) is 4.57 Å². The third-order valence-corrected chi connectivity index (χ3v) is 5.93. The Bertz CT molecular complexity index is 1180. The average Bonchev–Trinajstić information content (AvgIpc) is 3.55. The van der Waals surface area contributed by atoms with Crippen molar-refractivity contribution in [1.29, 1.82) is 0 Å². The molecule has 2 atom stereocenters. The molecule has 1 aliphatic rings. The normalized spacial score (nSPS) is 15.9. The monoisotopic (exact) mass is 477 g/mol. The van der Waals surface area contributed by atoms with Crippen molar-refractivity contribution in [2.24, 2.45) is 0 Å². The smallest absolute Gasteiger partial charge is 0.354 e. The number of hydrogen-bond donors (Lipinski definition) is 0. The van der Waals surface area contributed by atoms with Gasteiger partial charge in [-0.05, 0) is 36.6 Å². The van der Waals surface area contributed by atoms with Gasteiger partial charge in [-0.1, -0.05) is 48.5 Å². The maximum Gasteiger partial charge on any atom is 0.354 e. The fraction of sp³-hybridized carbons (Fsp3) is 0.296. The molecule has 1 aromatic heterocycles. The van der Waals surface area contributed by atoms with Crippen molar-refractivity contribution in [3.05, 3.63) is 83.7 Å². The maximum absolute atomic E-state index is 13.0. The molecule has 0 bridgehead atoms. The van der Waals surface area contributed by atoms with E-state index in [4.69, 9.17) is 18.9 Å². The summed E-state index contributed by atoms with van der Waals surface area (Å²) in [5.41, 5.74) is 2.13. The van der Waals surface area contributed by atoms with E-state index in [1.54, 1.807) is 41.0 Å². The number of rotatable bonds is 8. The highest BCUT2D eigenvalue weighted by Crippen LogP contribution is 2.36. The molecule has 0 aliphatic carbocycles. The molecule has 1 aliphatic heterocycles. The highest BCUT2D eigenvalue weighted by molar-refractivity contribution is 5.94. The van der Waals surface area contributed by atoms with E-state index in [1.165, 1.54) is 14.2 Å². The fourth-order valence-corrected chi connectivity index (χ4v) is 4.23. The molecule has 0 amide bonds. The first-order chi connectivity index (χ1) is 17.0. The summed E-state index contributed by atoms with van der Waals surface area (Å²) in [4.78, 5) is 38.8. The molecule has 1 unspecified atom stereocenters. The van der Waals surface area contributed by atoms with Crippen molar-refractivity contribution in [2.45, 2.75) is 31.6 Å². The molecule has 1 fully saturated rings. The van der Waals surface area contributed by atoms with Crippen LogP contribution in [-0.2, 0) is 30.3 Å². The van der Waals surface area contributed by atoms with Crippen LogP contribution in [0.3, 0.4) is 0 Å². The zero-order valence-corrected chi connectivity index (χ0v) is 19.6. The third-order valence-electron chi connectivity index (χ3n) is 5.93. The molecule has 0 radical (unpaired) electrons. The van der Waals surface area contributed by atoms with Gasteiger partial charge in [0.05, 0.1) is 31.6 Å². The lowest BCUT2D eigenvalue weighted by Crippen LogP contribution is -2.28. The summed E-state index contributed by atoms with van der Waals surface area (Å²) in [6.45, 7) is 0.896. The Balaban J connectivity index is 1.89. The molecule has 2 aromatic carbocycles. The predicted octanol–water partition coefficient (Wildman–Crippen LogP) is 4.19. The van der Waals surface area contributed by atoms with Crippen LogP contribution >= 0.6 is 0 Å². The van der Waals surface area contributed by atoms with Crippen molar-refractivity contribution >= 4 is 17.9 Å². The van der Waals surface area contributed by atoms with Crippen molar-refractivity contribution in [3.63, 3.8) is 0 Å². The Labute approximate surface area is 203 Å². The molecular weight excluding hydrogens is 450 g/mol. The summed E-state index contributed by atoms with van der Waals surface area (Å²) in [5.74, 6) is -2.04. The van der Waals surface area contributed by atoms with E-state index in [2.05, 4.69) is 0 Å². The molecule has 3 aromatic rings. The Kier molecular flexibility index (Phi) is 7.62. The number of hydrogen-bond acceptors (Lipinski definition) is 7. The molecular formula is C27H27NO7. The summed E-state index contributed by atoms with van der Waals surface area (Å²) in [5, 5.41) is 0. The standard InChI is InChI=1S/C27H27NO7/c1-32-26(30)22-16-21(18-10-5-3-6-11-18)23(28(22)17-20-14-9-15-34-20)24(27(31)33-2)35-25(29)19-12-7-4-8-13-19/h3-8,10-13,16,20,24H,9,14-15,17H2,1-2H3/t20-,24?/m1/s1. The number of esters is 3. The van der Waals surface area contributed by atoms with Gasteiger partial charge in [0.25, 0.3) is 0 Å². The van der Waals surface area contributed by atoms with Crippen molar-refractivity contribution in [2.75, 3.05) is 20.8 Å². The van der Waals surface area contributed by atoms with Gasteiger partial charge in [-0.15, -0.1) is 0 Å². The highest BCUT2D eigenvalue weighted by atomic mass is 16.6. The Morgan fingerprint density at radius 1 is 0.971 bits per heavy atom. The van der Waals surface area contributed by atoms with Gasteiger partial charge in [-0.25, -0.2) is 14.4 Å². The Hall–Kier alpha value is -3.91. The van der Waals surface area contributed by atoms with Crippen LogP contribution in [0.4, 0.5) is 0 Å². The van der Waals surface area contributed by atoms with Crippen LogP contribution < -0.4 is 0 Å². The molecule has 4 rings (SSSR count). The second-order valence-electron chi connectivity index (χ2n) is 8.11. The van der Waals surface area contributed by atoms with Gasteiger partial charge in [0.2, 0.25) is 6.10 Å². The lowest BCUT2D eigenvalue weighted by Gasteiger charge is -2.22. The van der Waals surface area contributed by atoms with Gasteiger partial charge in [0.15, 0.2) is 0 Å². The number of benzene rings is 2. The van der Waals surface area contributed by atoms with Gasteiger partial charge in [0.1, 0.15) is 5.69 Å². The minimum Gasteiger partial charge on any atom is -0.466 e. The predicted molar refractivity (Wildman–Crippen MR) is 127 cm³/mol. The maximum atomic E-state index is 13.0. The van der Waals surface area contributed by atoms with Crippen LogP contribution in [0.25, 0.3) is 11.1 Å². The third kappa shape index (κ3) is 5.27. The van der Waals surface area contributed by atoms with E-state index >= 15 is 0 Å². The number of carbonyl (C=O) groups is 3.